The third kappa shape index (κ3) is 3.24. The molecule has 130 valence electrons. The molecule has 0 unspecified atom stereocenters. The number of benzene rings is 1. The third-order valence-electron chi connectivity index (χ3n) is 4.06. The molecule has 0 aliphatic heterocycles. The van der Waals surface area contributed by atoms with E-state index in [0.29, 0.717) is 5.56 Å². The van der Waals surface area contributed by atoms with E-state index in [0.717, 1.165) is 41.3 Å². The molecule has 1 aromatic carbocycles. The largest absolute Gasteiger partial charge is 0.368 e. The van der Waals surface area contributed by atoms with Gasteiger partial charge in [0.25, 0.3) is 0 Å². The van der Waals surface area contributed by atoms with E-state index in [-0.39, 0.29) is 11.8 Å². The minimum absolute atomic E-state index is 0.0409. The second-order valence-corrected chi connectivity index (χ2v) is 6.36. The summed E-state index contributed by atoms with van der Waals surface area (Å²) in [4.78, 5) is 25.4. The Kier molecular flexibility index (Phi) is 4.79. The highest BCUT2D eigenvalue weighted by Crippen LogP contribution is 2.30. The van der Waals surface area contributed by atoms with E-state index in [9.17, 15) is 4.79 Å². The standard InChI is InChI=1S/C19H23N5O/c1-5-9-20-17-16-19(22-11-21-17)24(12(2)3)18(23-16)15-8-6-7-14(10-15)13(4)25/h6-8,10-12H,5,9H2,1-4H3,(H,20,21,22). The van der Waals surface area contributed by atoms with Gasteiger partial charge in [0.2, 0.25) is 0 Å². The monoisotopic (exact) mass is 337 g/mol. The van der Waals surface area contributed by atoms with Crippen LogP contribution >= 0.6 is 0 Å². The van der Waals surface area contributed by atoms with E-state index >= 15 is 0 Å². The van der Waals surface area contributed by atoms with Crippen LogP contribution in [0.5, 0.6) is 0 Å². The van der Waals surface area contributed by atoms with Gasteiger partial charge in [0.15, 0.2) is 22.8 Å². The first kappa shape index (κ1) is 17.1. The van der Waals surface area contributed by atoms with Crippen molar-refractivity contribution in [2.24, 2.45) is 0 Å². The molecule has 0 spiro atoms. The summed E-state index contributed by atoms with van der Waals surface area (Å²) < 4.78 is 2.09. The fourth-order valence-electron chi connectivity index (χ4n) is 2.85. The van der Waals surface area contributed by atoms with Crippen LogP contribution in [0.25, 0.3) is 22.6 Å². The molecular weight excluding hydrogens is 314 g/mol. The lowest BCUT2D eigenvalue weighted by molar-refractivity contribution is 0.101. The predicted octanol–water partition coefficient (Wildman–Crippen LogP) is 4.10. The molecule has 2 heterocycles. The highest BCUT2D eigenvalue weighted by molar-refractivity contribution is 5.95. The van der Waals surface area contributed by atoms with Crippen molar-refractivity contribution < 1.29 is 4.79 Å². The number of Topliss-reactive ketones (excluding diaryl/α,β-unsaturated/α-hetero) is 1. The minimum atomic E-state index is 0.0409. The molecule has 0 atom stereocenters. The first-order valence-electron chi connectivity index (χ1n) is 8.61. The predicted molar refractivity (Wildman–Crippen MR) is 99.9 cm³/mol. The van der Waals surface area contributed by atoms with Gasteiger partial charge in [-0.3, -0.25) is 4.79 Å². The number of hydrogen-bond acceptors (Lipinski definition) is 5. The summed E-state index contributed by atoms with van der Waals surface area (Å²) in [6.07, 6.45) is 2.57. The van der Waals surface area contributed by atoms with Gasteiger partial charge in [0.05, 0.1) is 0 Å². The van der Waals surface area contributed by atoms with Crippen molar-refractivity contribution in [1.82, 2.24) is 19.5 Å². The van der Waals surface area contributed by atoms with Crippen molar-refractivity contribution in [1.29, 1.82) is 0 Å². The SMILES string of the molecule is CCCNc1ncnc2c1nc(-c1cccc(C(C)=O)c1)n2C(C)C. The Bertz CT molecular complexity index is 913. The number of carbonyl (C=O) groups excluding carboxylic acids is 1. The minimum Gasteiger partial charge on any atom is -0.368 e. The lowest BCUT2D eigenvalue weighted by Crippen LogP contribution is -2.06. The van der Waals surface area contributed by atoms with E-state index in [1.54, 1.807) is 13.3 Å². The van der Waals surface area contributed by atoms with Crippen molar-refractivity contribution in [3.05, 3.63) is 36.2 Å². The summed E-state index contributed by atoms with van der Waals surface area (Å²) in [5, 5.41) is 3.32. The van der Waals surface area contributed by atoms with Crippen molar-refractivity contribution in [2.45, 2.75) is 40.2 Å². The zero-order valence-electron chi connectivity index (χ0n) is 15.1. The van der Waals surface area contributed by atoms with Crippen LogP contribution in [0.15, 0.2) is 30.6 Å². The lowest BCUT2D eigenvalue weighted by atomic mass is 10.1. The maximum absolute atomic E-state index is 11.7. The smallest absolute Gasteiger partial charge is 0.166 e. The van der Waals surface area contributed by atoms with Crippen LogP contribution < -0.4 is 5.32 Å². The Labute approximate surface area is 147 Å². The van der Waals surface area contributed by atoms with Gasteiger partial charge in [0.1, 0.15) is 12.2 Å². The van der Waals surface area contributed by atoms with Gasteiger partial charge in [-0.25, -0.2) is 15.0 Å². The van der Waals surface area contributed by atoms with Gasteiger partial charge >= 0.3 is 0 Å². The average molecular weight is 337 g/mol. The number of ketones is 1. The van der Waals surface area contributed by atoms with Crippen LogP contribution in [-0.4, -0.2) is 31.8 Å². The van der Waals surface area contributed by atoms with E-state index < -0.39 is 0 Å². The number of hydrogen-bond donors (Lipinski definition) is 1. The van der Waals surface area contributed by atoms with Crippen molar-refractivity contribution in [3.63, 3.8) is 0 Å². The van der Waals surface area contributed by atoms with Gasteiger partial charge < -0.3 is 9.88 Å². The number of nitrogens with one attached hydrogen (secondary N) is 1. The maximum atomic E-state index is 11.7. The first-order valence-corrected chi connectivity index (χ1v) is 8.61. The Hall–Kier alpha value is -2.76. The zero-order chi connectivity index (χ0) is 18.0. The molecule has 0 amide bonds. The van der Waals surface area contributed by atoms with Crippen LogP contribution in [0.2, 0.25) is 0 Å². The van der Waals surface area contributed by atoms with Crippen LogP contribution in [-0.2, 0) is 0 Å². The van der Waals surface area contributed by atoms with E-state index in [1.165, 1.54) is 0 Å². The second-order valence-electron chi connectivity index (χ2n) is 6.36. The number of rotatable bonds is 6. The van der Waals surface area contributed by atoms with Crippen LogP contribution in [0.1, 0.15) is 50.5 Å². The van der Waals surface area contributed by atoms with Crippen molar-refractivity contribution >= 4 is 22.8 Å². The number of fused-ring (bicyclic) bond motifs is 1. The molecule has 6 heteroatoms. The normalized spacial score (nSPS) is 11.2. The Morgan fingerprint density at radius 1 is 1.28 bits per heavy atom. The van der Waals surface area contributed by atoms with Gasteiger partial charge in [0, 0.05) is 23.7 Å². The number of carbonyl (C=O) groups is 1. The molecule has 0 saturated heterocycles. The summed E-state index contributed by atoms with van der Waals surface area (Å²) in [5.74, 6) is 1.59. The topological polar surface area (TPSA) is 72.7 Å². The van der Waals surface area contributed by atoms with E-state index in [4.69, 9.17) is 4.98 Å². The molecule has 2 aromatic heterocycles. The molecule has 0 radical (unpaired) electrons. The average Bonchev–Trinajstić information content (AvgIpc) is 3.00. The Morgan fingerprint density at radius 3 is 2.76 bits per heavy atom. The van der Waals surface area contributed by atoms with Crippen LogP contribution in [0.4, 0.5) is 5.82 Å². The highest BCUT2D eigenvalue weighted by atomic mass is 16.1. The molecular formula is C19H23N5O. The van der Waals surface area contributed by atoms with Crippen LogP contribution in [0.3, 0.4) is 0 Å². The lowest BCUT2D eigenvalue weighted by Gasteiger charge is -2.12. The Morgan fingerprint density at radius 2 is 2.08 bits per heavy atom. The van der Waals surface area contributed by atoms with Crippen molar-refractivity contribution in [2.75, 3.05) is 11.9 Å². The molecule has 0 saturated carbocycles. The molecule has 1 N–H and O–H groups in total. The third-order valence-corrected chi connectivity index (χ3v) is 4.06. The zero-order valence-corrected chi connectivity index (χ0v) is 15.1. The maximum Gasteiger partial charge on any atom is 0.166 e. The number of imidazole rings is 1. The summed E-state index contributed by atoms with van der Waals surface area (Å²) >= 11 is 0. The summed E-state index contributed by atoms with van der Waals surface area (Å²) in [6, 6.07) is 7.74. The van der Waals surface area contributed by atoms with Crippen LogP contribution in [0, 0.1) is 0 Å². The fraction of sp³-hybridized carbons (Fsp3) is 0.368. The number of anilines is 1. The number of nitrogens with zero attached hydrogens (tertiary/aromatic N) is 4. The van der Waals surface area contributed by atoms with E-state index in [2.05, 4.69) is 40.6 Å². The Balaban J connectivity index is 2.22. The molecule has 25 heavy (non-hydrogen) atoms. The van der Waals surface area contributed by atoms with E-state index in [1.807, 2.05) is 24.3 Å². The molecule has 6 nitrogen and oxygen atoms in total. The molecule has 0 aliphatic rings. The number of aromatic nitrogens is 4. The van der Waals surface area contributed by atoms with Gasteiger partial charge in [-0.1, -0.05) is 25.1 Å². The summed E-state index contributed by atoms with van der Waals surface area (Å²) in [5.41, 5.74) is 3.14. The summed E-state index contributed by atoms with van der Waals surface area (Å²) in [7, 11) is 0. The molecule has 0 aliphatic carbocycles. The van der Waals surface area contributed by atoms with Gasteiger partial charge in [-0.05, 0) is 33.3 Å². The van der Waals surface area contributed by atoms with Gasteiger partial charge in [-0.2, -0.15) is 0 Å². The molecule has 0 bridgehead atoms. The highest BCUT2D eigenvalue weighted by Gasteiger charge is 2.19. The molecule has 0 fully saturated rings. The molecule has 3 rings (SSSR count). The van der Waals surface area contributed by atoms with Gasteiger partial charge in [-0.15, -0.1) is 0 Å². The molecule has 3 aromatic rings. The fourth-order valence-corrected chi connectivity index (χ4v) is 2.85. The second kappa shape index (κ2) is 7.01. The summed E-state index contributed by atoms with van der Waals surface area (Å²) in [6.45, 7) is 8.71. The van der Waals surface area contributed by atoms with Crippen molar-refractivity contribution in [3.8, 4) is 11.4 Å². The first-order chi connectivity index (χ1) is 12.0. The quantitative estimate of drug-likeness (QED) is 0.686.